The number of nitrogens with zero attached hydrogens (tertiary/aromatic N) is 4. The molecule has 0 bridgehead atoms. The molecule has 0 aliphatic carbocycles. The Morgan fingerprint density at radius 2 is 0.567 bits per heavy atom. The number of rotatable bonds is 28. The lowest BCUT2D eigenvalue weighted by Gasteiger charge is -2.47. The van der Waals surface area contributed by atoms with Gasteiger partial charge in [-0.25, -0.2) is 0 Å². The fourth-order valence-corrected chi connectivity index (χ4v) is 19.1. The number of nitrogens with two attached hydrogens (primary N) is 4. The lowest BCUT2D eigenvalue weighted by molar-refractivity contribution is -0.161. The van der Waals surface area contributed by atoms with Crippen LogP contribution in [0.5, 0.6) is 46.0 Å². The van der Waals surface area contributed by atoms with Crippen LogP contribution in [0.2, 0.25) is 0 Å². The van der Waals surface area contributed by atoms with Crippen LogP contribution in [0.4, 0.5) is 0 Å². The summed E-state index contributed by atoms with van der Waals surface area (Å²) in [7, 11) is 13.0. The number of methoxy groups -OCH3 is 8. The predicted octanol–water partition coefficient (Wildman–Crippen LogP) is 14.3. The quantitative estimate of drug-likeness (QED) is 0.0303. The molecule has 24 heteroatoms. The first-order chi connectivity index (χ1) is 61.4. The summed E-state index contributed by atoms with van der Waals surface area (Å²) in [4.78, 5) is 61.6. The van der Waals surface area contributed by atoms with E-state index in [1.165, 1.54) is 47.2 Å². The summed E-state index contributed by atoms with van der Waals surface area (Å²) in [5, 5.41) is 0. The topological polar surface area (TPSA) is 296 Å². The molecule has 8 N–H and O–H groups in total. The van der Waals surface area contributed by atoms with Gasteiger partial charge in [-0.3, -0.25) is 38.8 Å². The zero-order chi connectivity index (χ0) is 98.5. The molecule has 672 valence electrons. The molecule has 120 heavy (non-hydrogen) atoms. The van der Waals surface area contributed by atoms with Gasteiger partial charge in [0.15, 0.2) is 46.0 Å². The second kappa shape index (κ2) is 43.9. The molecule has 8 aliphatic rings. The Morgan fingerprint density at radius 3 is 0.775 bits per heavy atom. The first kappa shape index (κ1) is 80.0. The standard InChI is InChI=1S/4C24H38N2O4/c4*1-14(2)9-17-13-26-8-7-16-10-21(28-5)22(29-6)11-18(16)19(26)12-20(17)30-24(27)23(25)15(3)4/h4*10-11,14-15,17,19-20,23H,7-9,12-13,25H2,1-6H3/i3D3,4D3,15D,23D;15D,23D;23D;15D. The molecular weight excluding hydrogens is 1520 g/mol. The molecule has 4 aromatic carbocycles. The summed E-state index contributed by atoms with van der Waals surface area (Å²) < 4.78 is 163. The van der Waals surface area contributed by atoms with E-state index in [0.29, 0.717) is 73.0 Å². The molecule has 0 saturated carbocycles. The summed E-state index contributed by atoms with van der Waals surface area (Å²) in [6.45, 7) is 26.6. The van der Waals surface area contributed by atoms with E-state index in [9.17, 15) is 19.2 Å². The van der Waals surface area contributed by atoms with E-state index < -0.39 is 85.5 Å². The van der Waals surface area contributed by atoms with Crippen LogP contribution in [-0.2, 0) is 63.8 Å². The Hall–Kier alpha value is -7.16. The molecule has 0 amide bonds. The maximum atomic E-state index is 13.3. The number of carbonyl (C=O) groups excluding carboxylic acids is 4. The Bertz CT molecular complexity index is 4570. The number of carbonyl (C=O) groups is 4. The smallest absolute Gasteiger partial charge is 0.323 e. The van der Waals surface area contributed by atoms with Crippen LogP contribution < -0.4 is 60.8 Å². The molecule has 8 aliphatic heterocycles. The zero-order valence-electron chi connectivity index (χ0n) is 87.8. The first-order valence-electron chi connectivity index (χ1n) is 49.3. The van der Waals surface area contributed by atoms with Crippen molar-refractivity contribution >= 4 is 23.9 Å². The van der Waals surface area contributed by atoms with Crippen molar-refractivity contribution < 1.29 is 92.5 Å². The molecular formula is C96H152N8O16. The minimum Gasteiger partial charge on any atom is -0.493 e. The van der Waals surface area contributed by atoms with Crippen LogP contribution in [-0.4, -0.2) is 201 Å². The number of hydrogen-bond acceptors (Lipinski definition) is 24. The SMILES string of the molecule is [2H]C(C)(C)C(N)C(=O)OC1CC2c3cc(OC)c(OC)cc3CCN2CC1CC(C)C.[2H]C(C)(C)C([2H])(N)C(=O)OC1CC2c3cc(OC)c(OC)cc3CCN2CC1CC(C)C.[2H]C(N)(C(=O)OC1CC2c3cc(OC)c(OC)cc3CCN2CC1CC(C)C)C(C)C.[2H]C([2H])([2H])C([2H])(C([2H])([2H])[2H])C([2H])(N)C(=O)OC1CC2c3cc(OC)c(OC)cc3CCN2CC1CC(C)C. The second-order valence-electron chi connectivity index (χ2n) is 36.3. The molecule has 24 nitrogen and oxygen atoms in total. The van der Waals surface area contributed by atoms with Crippen LogP contribution in [0, 0.1) is 70.9 Å². The molecule has 4 aromatic rings. The van der Waals surface area contributed by atoms with Gasteiger partial charge >= 0.3 is 23.9 Å². The average molecular weight is 1690 g/mol. The van der Waals surface area contributed by atoms with Crippen LogP contribution in [0.25, 0.3) is 0 Å². The van der Waals surface area contributed by atoms with Crippen molar-refractivity contribution in [2.45, 2.75) is 260 Å². The van der Waals surface area contributed by atoms with Crippen molar-refractivity contribution in [1.82, 2.24) is 19.6 Å². The van der Waals surface area contributed by atoms with Crippen molar-refractivity contribution in [1.29, 1.82) is 0 Å². The Kier molecular flexibility index (Phi) is 29.3. The third-order valence-electron chi connectivity index (χ3n) is 25.4. The normalized spacial score (nSPS) is 27.6. The van der Waals surface area contributed by atoms with Gasteiger partial charge in [0, 0.05) is 138 Å². The minimum absolute atomic E-state index is 0.0849. The van der Waals surface area contributed by atoms with Gasteiger partial charge in [0.25, 0.3) is 0 Å². The number of fused-ring (bicyclic) bond motifs is 12. The number of hydrogen-bond donors (Lipinski definition) is 4. The summed E-state index contributed by atoms with van der Waals surface area (Å²) >= 11 is 0. The van der Waals surface area contributed by atoms with E-state index in [0.717, 1.165) is 131 Å². The molecule has 16 atom stereocenters. The molecule has 0 radical (unpaired) electrons. The second-order valence-corrected chi connectivity index (χ2v) is 36.3. The Morgan fingerprint density at radius 1 is 0.342 bits per heavy atom. The van der Waals surface area contributed by atoms with E-state index in [1.54, 1.807) is 84.6 Å². The van der Waals surface area contributed by atoms with E-state index in [4.69, 9.17) is 96.2 Å². The molecule has 16 unspecified atom stereocenters. The lowest BCUT2D eigenvalue weighted by Crippen LogP contribution is -2.51. The fourth-order valence-electron chi connectivity index (χ4n) is 19.1. The average Bonchev–Trinajstić information content (AvgIpc) is 0.722. The van der Waals surface area contributed by atoms with E-state index in [2.05, 4.69) is 85.4 Å². The summed E-state index contributed by atoms with van der Waals surface area (Å²) in [5.41, 5.74) is 33.2. The third-order valence-corrected chi connectivity index (χ3v) is 25.4. The van der Waals surface area contributed by atoms with E-state index >= 15 is 0 Å². The van der Waals surface area contributed by atoms with Crippen molar-refractivity contribution in [2.24, 2.45) is 93.9 Å². The maximum Gasteiger partial charge on any atom is 0.323 e. The van der Waals surface area contributed by atoms with Crippen LogP contribution in [0.1, 0.15) is 247 Å². The predicted molar refractivity (Wildman–Crippen MR) is 471 cm³/mol. The third kappa shape index (κ3) is 23.8. The number of ether oxygens (including phenoxy) is 12. The number of benzene rings is 4. The highest BCUT2D eigenvalue weighted by Crippen LogP contribution is 2.50. The van der Waals surface area contributed by atoms with Crippen LogP contribution in [0.15, 0.2) is 48.5 Å². The van der Waals surface area contributed by atoms with Gasteiger partial charge in [-0.15, -0.1) is 0 Å². The largest absolute Gasteiger partial charge is 0.493 e. The maximum absolute atomic E-state index is 13.3. The van der Waals surface area contributed by atoms with Gasteiger partial charge in [0.1, 0.15) is 48.5 Å². The molecule has 12 rings (SSSR count). The summed E-state index contributed by atoms with van der Waals surface area (Å²) in [6.07, 6.45) is 7.95. The number of piperidine rings is 4. The Labute approximate surface area is 735 Å². The van der Waals surface area contributed by atoms with Gasteiger partial charge in [-0.1, -0.05) is 111 Å². The molecule has 0 spiro atoms. The first-order valence-corrected chi connectivity index (χ1v) is 43.3. The van der Waals surface area contributed by atoms with Crippen molar-refractivity contribution in [2.75, 3.05) is 109 Å². The van der Waals surface area contributed by atoms with Gasteiger partial charge in [-0.2, -0.15) is 0 Å². The molecule has 4 saturated heterocycles. The van der Waals surface area contributed by atoms with Crippen LogP contribution in [0.3, 0.4) is 0 Å². The molecule has 4 fully saturated rings. The highest BCUT2D eigenvalue weighted by Gasteiger charge is 2.47. The zero-order valence-corrected chi connectivity index (χ0v) is 75.8. The minimum atomic E-state index is -3.60. The van der Waals surface area contributed by atoms with E-state index in [-0.39, 0.29) is 78.0 Å². The highest BCUT2D eigenvalue weighted by molar-refractivity contribution is 5.77. The van der Waals surface area contributed by atoms with Gasteiger partial charge in [0.2, 0.25) is 0 Å². The highest BCUT2D eigenvalue weighted by atomic mass is 16.6. The van der Waals surface area contributed by atoms with Crippen molar-refractivity contribution in [3.63, 3.8) is 0 Å². The number of esters is 4. The Balaban J connectivity index is 0.000000199. The monoisotopic (exact) mass is 1690 g/mol. The molecule has 8 heterocycles. The summed E-state index contributed by atoms with van der Waals surface area (Å²) in [5.74, 6) is -2.26. The molecule has 0 aromatic heterocycles. The van der Waals surface area contributed by atoms with Crippen molar-refractivity contribution in [3.05, 3.63) is 93.0 Å². The van der Waals surface area contributed by atoms with Crippen LogP contribution >= 0.6 is 0 Å². The van der Waals surface area contributed by atoms with Gasteiger partial charge < -0.3 is 79.8 Å². The summed E-state index contributed by atoms with van der Waals surface area (Å²) in [6, 6.07) is 8.23. The van der Waals surface area contributed by atoms with Crippen molar-refractivity contribution in [3.8, 4) is 46.0 Å². The van der Waals surface area contributed by atoms with Gasteiger partial charge in [0.05, 0.1) is 61.0 Å². The lowest BCUT2D eigenvalue weighted by atomic mass is 9.79. The fraction of sp³-hybridized carbons (Fsp3) is 0.708. The van der Waals surface area contributed by atoms with Gasteiger partial charge in [-0.05, 0) is 192 Å². The van der Waals surface area contributed by atoms with E-state index in [1.807, 2.05) is 38.1 Å².